The lowest BCUT2D eigenvalue weighted by Gasteiger charge is -2.14. The Bertz CT molecular complexity index is 878. The minimum Gasteiger partial charge on any atom is -0.449 e. The van der Waals surface area contributed by atoms with Crippen LogP contribution in [0.3, 0.4) is 0 Å². The molecule has 0 bridgehead atoms. The van der Waals surface area contributed by atoms with Gasteiger partial charge in [-0.05, 0) is 31.0 Å². The van der Waals surface area contributed by atoms with Gasteiger partial charge in [0.15, 0.2) is 15.9 Å². The number of sulfone groups is 1. The average molecular weight is 375 g/mol. The fraction of sp³-hybridized carbons (Fsp3) is 0.263. The number of carbonyl (C=O) groups excluding carboxylic acids is 2. The van der Waals surface area contributed by atoms with Crippen LogP contribution in [0.15, 0.2) is 59.5 Å². The van der Waals surface area contributed by atoms with Crippen LogP contribution in [0.4, 0.5) is 0 Å². The molecule has 0 aromatic heterocycles. The van der Waals surface area contributed by atoms with E-state index in [1.807, 2.05) is 30.3 Å². The van der Waals surface area contributed by atoms with Crippen LogP contribution < -0.4 is 5.32 Å². The number of benzene rings is 2. The molecule has 0 saturated heterocycles. The van der Waals surface area contributed by atoms with Gasteiger partial charge in [-0.2, -0.15) is 0 Å². The van der Waals surface area contributed by atoms with Gasteiger partial charge >= 0.3 is 5.97 Å². The summed E-state index contributed by atoms with van der Waals surface area (Å²) in [5.74, 6) is -1.29. The predicted molar refractivity (Wildman–Crippen MR) is 97.6 cm³/mol. The molecule has 7 heteroatoms. The van der Waals surface area contributed by atoms with Gasteiger partial charge in [-0.3, -0.25) is 4.79 Å². The number of ether oxygens (including phenoxy) is 1. The number of carbonyl (C=O) groups is 2. The van der Waals surface area contributed by atoms with Gasteiger partial charge in [-0.1, -0.05) is 42.5 Å². The van der Waals surface area contributed by atoms with E-state index < -0.39 is 27.8 Å². The van der Waals surface area contributed by atoms with Gasteiger partial charge in [-0.25, -0.2) is 13.2 Å². The van der Waals surface area contributed by atoms with E-state index in [9.17, 15) is 18.0 Å². The van der Waals surface area contributed by atoms with Crippen LogP contribution in [-0.2, 0) is 25.8 Å². The summed E-state index contributed by atoms with van der Waals surface area (Å²) in [7, 11) is -3.58. The maximum Gasteiger partial charge on any atom is 0.340 e. The summed E-state index contributed by atoms with van der Waals surface area (Å²) in [4.78, 5) is 24.2. The molecule has 1 amide bonds. The highest BCUT2D eigenvalue weighted by Gasteiger charge is 2.23. The van der Waals surface area contributed by atoms with Crippen molar-refractivity contribution in [3.05, 3.63) is 65.7 Å². The Morgan fingerprint density at radius 2 is 1.65 bits per heavy atom. The van der Waals surface area contributed by atoms with E-state index in [2.05, 4.69) is 5.32 Å². The Morgan fingerprint density at radius 3 is 2.31 bits per heavy atom. The number of hydrogen-bond acceptors (Lipinski definition) is 5. The van der Waals surface area contributed by atoms with Gasteiger partial charge in [0.05, 0.1) is 10.5 Å². The summed E-state index contributed by atoms with van der Waals surface area (Å²) >= 11 is 0. The Kier molecular flexibility index (Phi) is 6.52. The standard InChI is InChI=1S/C19H21NO5S/c1-14(18(21)20-13-12-15-8-4-3-5-9-15)25-19(22)16-10-6-7-11-17(16)26(2,23)24/h3-11,14H,12-13H2,1-2H3,(H,20,21)/t14-/m1/s1. The third-order valence-corrected chi connectivity index (χ3v) is 4.87. The van der Waals surface area contributed by atoms with Crippen LogP contribution in [0, 0.1) is 0 Å². The maximum absolute atomic E-state index is 12.3. The van der Waals surface area contributed by atoms with Crippen LogP contribution >= 0.6 is 0 Å². The first-order valence-corrected chi connectivity index (χ1v) is 10.00. The van der Waals surface area contributed by atoms with Crippen molar-refractivity contribution in [2.24, 2.45) is 0 Å². The highest BCUT2D eigenvalue weighted by atomic mass is 32.2. The monoisotopic (exact) mass is 375 g/mol. The first-order chi connectivity index (χ1) is 12.3. The SMILES string of the molecule is C[C@@H](OC(=O)c1ccccc1S(C)(=O)=O)C(=O)NCCc1ccccc1. The van der Waals surface area contributed by atoms with E-state index in [0.29, 0.717) is 13.0 Å². The van der Waals surface area contributed by atoms with Crippen molar-refractivity contribution < 1.29 is 22.7 Å². The molecule has 0 spiro atoms. The molecule has 6 nitrogen and oxygen atoms in total. The minimum absolute atomic E-state index is 0.0843. The second kappa shape index (κ2) is 8.62. The van der Waals surface area contributed by atoms with Crippen LogP contribution in [0.25, 0.3) is 0 Å². The number of nitrogens with one attached hydrogen (secondary N) is 1. The molecule has 0 radical (unpaired) electrons. The Morgan fingerprint density at radius 1 is 1.04 bits per heavy atom. The molecule has 0 aliphatic carbocycles. The fourth-order valence-corrected chi connectivity index (χ4v) is 3.23. The van der Waals surface area contributed by atoms with Crippen molar-refractivity contribution in [2.45, 2.75) is 24.3 Å². The van der Waals surface area contributed by atoms with Gasteiger partial charge in [0, 0.05) is 12.8 Å². The zero-order valence-electron chi connectivity index (χ0n) is 14.6. The van der Waals surface area contributed by atoms with Crippen molar-refractivity contribution in [2.75, 3.05) is 12.8 Å². The summed E-state index contributed by atoms with van der Waals surface area (Å²) in [6.07, 6.45) is 0.633. The van der Waals surface area contributed by atoms with Gasteiger partial charge < -0.3 is 10.1 Å². The summed E-state index contributed by atoms with van der Waals surface area (Å²) in [5.41, 5.74) is 0.999. The Labute approximate surface area is 153 Å². The van der Waals surface area contributed by atoms with E-state index in [0.717, 1.165) is 11.8 Å². The third-order valence-electron chi connectivity index (χ3n) is 3.72. The van der Waals surface area contributed by atoms with Gasteiger partial charge in [-0.15, -0.1) is 0 Å². The van der Waals surface area contributed by atoms with E-state index in [-0.39, 0.29) is 10.5 Å². The van der Waals surface area contributed by atoms with E-state index in [1.165, 1.54) is 31.2 Å². The quantitative estimate of drug-likeness (QED) is 0.748. The van der Waals surface area contributed by atoms with E-state index >= 15 is 0 Å². The highest BCUT2D eigenvalue weighted by molar-refractivity contribution is 7.90. The molecule has 2 aromatic carbocycles. The van der Waals surface area contributed by atoms with Crippen LogP contribution in [0.1, 0.15) is 22.8 Å². The number of amides is 1. The number of rotatable bonds is 7. The topological polar surface area (TPSA) is 89.5 Å². The molecule has 2 rings (SSSR count). The predicted octanol–water partition coefficient (Wildman–Crippen LogP) is 1.99. The van der Waals surface area contributed by atoms with Crippen molar-refractivity contribution in [3.63, 3.8) is 0 Å². The van der Waals surface area contributed by atoms with Gasteiger partial charge in [0.25, 0.3) is 5.91 Å². The summed E-state index contributed by atoms with van der Waals surface area (Å²) in [5, 5.41) is 2.70. The Hall–Kier alpha value is -2.67. The number of esters is 1. The first-order valence-electron chi connectivity index (χ1n) is 8.10. The zero-order valence-corrected chi connectivity index (χ0v) is 15.5. The second-order valence-corrected chi connectivity index (χ2v) is 7.83. The van der Waals surface area contributed by atoms with E-state index in [4.69, 9.17) is 4.74 Å². The molecule has 0 aliphatic rings. The van der Waals surface area contributed by atoms with Crippen molar-refractivity contribution >= 4 is 21.7 Å². The van der Waals surface area contributed by atoms with Crippen LogP contribution in [0.2, 0.25) is 0 Å². The lowest BCUT2D eigenvalue weighted by atomic mass is 10.1. The molecular formula is C19H21NO5S. The first kappa shape index (κ1) is 19.7. The van der Waals surface area contributed by atoms with Crippen LogP contribution in [0.5, 0.6) is 0 Å². The molecule has 2 aromatic rings. The second-order valence-electron chi connectivity index (χ2n) is 5.84. The molecular weight excluding hydrogens is 354 g/mol. The molecule has 1 N–H and O–H groups in total. The maximum atomic E-state index is 12.3. The largest absolute Gasteiger partial charge is 0.449 e. The average Bonchev–Trinajstić information content (AvgIpc) is 2.61. The molecule has 0 unspecified atom stereocenters. The molecule has 0 fully saturated rings. The molecule has 0 saturated carbocycles. The normalized spacial score (nSPS) is 12.2. The van der Waals surface area contributed by atoms with E-state index in [1.54, 1.807) is 0 Å². The molecule has 1 atom stereocenters. The molecule has 26 heavy (non-hydrogen) atoms. The lowest BCUT2D eigenvalue weighted by molar-refractivity contribution is -0.129. The molecule has 0 aliphatic heterocycles. The van der Waals surface area contributed by atoms with Gasteiger partial charge in [0.1, 0.15) is 0 Å². The van der Waals surface area contributed by atoms with Gasteiger partial charge in [0.2, 0.25) is 0 Å². The Balaban J connectivity index is 1.93. The smallest absolute Gasteiger partial charge is 0.340 e. The molecule has 138 valence electrons. The lowest BCUT2D eigenvalue weighted by Crippen LogP contribution is -2.37. The summed E-state index contributed by atoms with van der Waals surface area (Å²) in [6, 6.07) is 15.4. The number of hydrogen-bond donors (Lipinski definition) is 1. The molecule has 0 heterocycles. The minimum atomic E-state index is -3.58. The highest BCUT2D eigenvalue weighted by Crippen LogP contribution is 2.17. The third kappa shape index (κ3) is 5.42. The zero-order chi connectivity index (χ0) is 19.2. The van der Waals surface area contributed by atoms with Crippen molar-refractivity contribution in [1.29, 1.82) is 0 Å². The fourth-order valence-electron chi connectivity index (χ4n) is 2.35. The summed E-state index contributed by atoms with van der Waals surface area (Å²) < 4.78 is 28.7. The van der Waals surface area contributed by atoms with Crippen molar-refractivity contribution in [3.8, 4) is 0 Å². The van der Waals surface area contributed by atoms with Crippen molar-refractivity contribution in [1.82, 2.24) is 5.32 Å². The summed E-state index contributed by atoms with van der Waals surface area (Å²) in [6.45, 7) is 1.85. The van der Waals surface area contributed by atoms with Crippen LogP contribution in [-0.4, -0.2) is 39.2 Å².